The molecule has 0 aromatic heterocycles. The second-order valence-electron chi connectivity index (χ2n) is 5.77. The number of hydrogen-bond donors (Lipinski definition) is 3. The number of hydrogen-bond acceptors (Lipinski definition) is 6. The van der Waals surface area contributed by atoms with Crippen molar-refractivity contribution in [3.8, 4) is 0 Å². The number of aliphatic hydroxyl groups is 1. The van der Waals surface area contributed by atoms with Crippen LogP contribution in [0.25, 0.3) is 0 Å². The highest BCUT2D eigenvalue weighted by Crippen LogP contribution is 2.09. The average Bonchev–Trinajstić information content (AvgIpc) is 2.55. The van der Waals surface area contributed by atoms with Crippen LogP contribution in [0.15, 0.2) is 0 Å². The number of carboxylic acid groups (broad SMARTS) is 2. The van der Waals surface area contributed by atoms with Gasteiger partial charge in [0, 0.05) is 39.3 Å². The first kappa shape index (κ1) is 18.8. The Bertz CT molecular complexity index is 359. The molecule has 3 atom stereocenters. The molecule has 0 amide bonds. The minimum absolute atomic E-state index is 0.485. The molecule has 0 aromatic carbocycles. The molecular formula is C14H27N3O5. The van der Waals surface area contributed by atoms with Gasteiger partial charge in [0.25, 0.3) is 0 Å². The number of carboxylic acids is 2. The predicted molar refractivity (Wildman–Crippen MR) is 80.6 cm³/mol. The fourth-order valence-corrected chi connectivity index (χ4v) is 2.57. The van der Waals surface area contributed by atoms with E-state index < -0.39 is 30.3 Å². The molecule has 8 nitrogen and oxygen atoms in total. The zero-order chi connectivity index (χ0) is 16.9. The SMILES string of the molecule is CC(O)N1CCN(C(C)C(=O)O)CCN(C(C)C(=O)O)CC1. The lowest BCUT2D eigenvalue weighted by Gasteiger charge is -2.29. The average molecular weight is 317 g/mol. The minimum atomic E-state index is -0.902. The van der Waals surface area contributed by atoms with Crippen LogP contribution in [0.4, 0.5) is 0 Å². The third-order valence-electron chi connectivity index (χ3n) is 4.36. The van der Waals surface area contributed by atoms with E-state index in [2.05, 4.69) is 0 Å². The monoisotopic (exact) mass is 317 g/mol. The van der Waals surface area contributed by atoms with Crippen molar-refractivity contribution >= 4 is 11.9 Å². The van der Waals surface area contributed by atoms with Gasteiger partial charge in [-0.15, -0.1) is 0 Å². The Hall–Kier alpha value is -1.22. The molecule has 1 aliphatic heterocycles. The molecule has 0 saturated carbocycles. The quantitative estimate of drug-likeness (QED) is 0.605. The summed E-state index contributed by atoms with van der Waals surface area (Å²) in [6.45, 7) is 8.01. The van der Waals surface area contributed by atoms with Crippen molar-refractivity contribution in [1.29, 1.82) is 0 Å². The second kappa shape index (κ2) is 8.42. The van der Waals surface area contributed by atoms with Crippen LogP contribution >= 0.6 is 0 Å². The van der Waals surface area contributed by atoms with Crippen LogP contribution < -0.4 is 0 Å². The second-order valence-corrected chi connectivity index (χ2v) is 5.77. The van der Waals surface area contributed by atoms with Crippen molar-refractivity contribution in [2.45, 2.75) is 39.1 Å². The van der Waals surface area contributed by atoms with Crippen molar-refractivity contribution in [1.82, 2.24) is 14.7 Å². The van der Waals surface area contributed by atoms with E-state index in [0.717, 1.165) is 0 Å². The maximum absolute atomic E-state index is 11.2. The molecular weight excluding hydrogens is 290 g/mol. The van der Waals surface area contributed by atoms with Crippen molar-refractivity contribution in [3.05, 3.63) is 0 Å². The van der Waals surface area contributed by atoms with Gasteiger partial charge in [0.15, 0.2) is 0 Å². The summed E-state index contributed by atoms with van der Waals surface area (Å²) in [5.41, 5.74) is 0. The number of aliphatic hydroxyl groups excluding tert-OH is 1. The maximum atomic E-state index is 11.2. The molecule has 1 heterocycles. The van der Waals surface area contributed by atoms with Crippen molar-refractivity contribution < 1.29 is 24.9 Å². The van der Waals surface area contributed by atoms with E-state index in [1.165, 1.54) is 0 Å². The summed E-state index contributed by atoms with van der Waals surface area (Å²) in [7, 11) is 0. The van der Waals surface area contributed by atoms with Gasteiger partial charge in [0.1, 0.15) is 18.3 Å². The van der Waals surface area contributed by atoms with E-state index in [1.54, 1.807) is 20.8 Å². The maximum Gasteiger partial charge on any atom is 0.320 e. The zero-order valence-corrected chi connectivity index (χ0v) is 13.5. The molecule has 1 saturated heterocycles. The first-order valence-electron chi connectivity index (χ1n) is 7.60. The number of rotatable bonds is 5. The third kappa shape index (κ3) is 5.20. The minimum Gasteiger partial charge on any atom is -0.480 e. The largest absolute Gasteiger partial charge is 0.480 e. The van der Waals surface area contributed by atoms with Crippen LogP contribution in [0.3, 0.4) is 0 Å². The highest BCUT2D eigenvalue weighted by Gasteiger charge is 2.27. The summed E-state index contributed by atoms with van der Waals surface area (Å²) in [5, 5.41) is 28.2. The topological polar surface area (TPSA) is 105 Å². The van der Waals surface area contributed by atoms with Crippen LogP contribution in [0, 0.1) is 0 Å². The Morgan fingerprint density at radius 1 is 0.727 bits per heavy atom. The summed E-state index contributed by atoms with van der Waals surface area (Å²) in [6, 6.07) is -1.29. The fourth-order valence-electron chi connectivity index (χ4n) is 2.57. The van der Waals surface area contributed by atoms with Gasteiger partial charge in [-0.05, 0) is 20.8 Å². The van der Waals surface area contributed by atoms with Gasteiger partial charge in [-0.1, -0.05) is 0 Å². The van der Waals surface area contributed by atoms with Gasteiger partial charge in [-0.2, -0.15) is 0 Å². The predicted octanol–water partition coefficient (Wildman–Crippen LogP) is -0.809. The first-order chi connectivity index (χ1) is 10.2. The summed E-state index contributed by atoms with van der Waals surface area (Å²) in [4.78, 5) is 27.9. The molecule has 8 heteroatoms. The Balaban J connectivity index is 2.87. The molecule has 0 aliphatic carbocycles. The molecule has 0 bridgehead atoms. The Kier molecular flexibility index (Phi) is 7.21. The molecule has 22 heavy (non-hydrogen) atoms. The summed E-state index contributed by atoms with van der Waals surface area (Å²) in [6.07, 6.45) is -0.651. The molecule has 3 unspecified atom stereocenters. The van der Waals surface area contributed by atoms with Crippen LogP contribution in [0.1, 0.15) is 20.8 Å². The molecule has 0 spiro atoms. The van der Waals surface area contributed by atoms with Gasteiger partial charge in [0.05, 0.1) is 0 Å². The van der Waals surface area contributed by atoms with Crippen LogP contribution in [0.5, 0.6) is 0 Å². The number of aliphatic carboxylic acids is 2. The number of nitrogens with zero attached hydrogens (tertiary/aromatic N) is 3. The van der Waals surface area contributed by atoms with E-state index in [-0.39, 0.29) is 0 Å². The van der Waals surface area contributed by atoms with Gasteiger partial charge in [-0.3, -0.25) is 24.3 Å². The smallest absolute Gasteiger partial charge is 0.320 e. The van der Waals surface area contributed by atoms with Gasteiger partial charge >= 0.3 is 11.9 Å². The molecule has 1 aliphatic rings. The molecule has 128 valence electrons. The lowest BCUT2D eigenvalue weighted by molar-refractivity contribution is -0.144. The lowest BCUT2D eigenvalue weighted by Crippen LogP contribution is -2.47. The first-order valence-corrected chi connectivity index (χ1v) is 7.60. The lowest BCUT2D eigenvalue weighted by atomic mass is 10.2. The molecule has 0 aromatic rings. The summed E-state index contributed by atoms with van der Waals surface area (Å²) < 4.78 is 0. The van der Waals surface area contributed by atoms with Gasteiger partial charge in [-0.25, -0.2) is 0 Å². The molecule has 0 radical (unpaired) electrons. The Morgan fingerprint density at radius 3 is 1.23 bits per heavy atom. The summed E-state index contributed by atoms with van der Waals surface area (Å²) in [5.74, 6) is -1.80. The van der Waals surface area contributed by atoms with Crippen molar-refractivity contribution in [2.24, 2.45) is 0 Å². The Morgan fingerprint density at radius 2 is 1.00 bits per heavy atom. The van der Waals surface area contributed by atoms with Crippen LogP contribution in [-0.2, 0) is 9.59 Å². The standard InChI is InChI=1S/C14H27N3O5/c1-10(13(19)20)15-4-5-16(11(2)14(21)22)7-9-17(8-6-15)12(3)18/h10-12,18H,4-9H2,1-3H3,(H,19,20)(H,21,22). The van der Waals surface area contributed by atoms with E-state index in [4.69, 9.17) is 0 Å². The third-order valence-corrected chi connectivity index (χ3v) is 4.36. The van der Waals surface area contributed by atoms with Crippen molar-refractivity contribution in [3.63, 3.8) is 0 Å². The van der Waals surface area contributed by atoms with Crippen LogP contribution in [-0.4, -0.2) is 99.5 Å². The van der Waals surface area contributed by atoms with E-state index >= 15 is 0 Å². The normalized spacial score (nSPS) is 23.8. The van der Waals surface area contributed by atoms with Gasteiger partial charge in [0.2, 0.25) is 0 Å². The fraction of sp³-hybridized carbons (Fsp3) is 0.857. The number of carbonyl (C=O) groups is 2. The van der Waals surface area contributed by atoms with E-state index in [1.807, 2.05) is 14.7 Å². The molecule has 1 rings (SSSR count). The molecule has 3 N–H and O–H groups in total. The van der Waals surface area contributed by atoms with Crippen molar-refractivity contribution in [2.75, 3.05) is 39.3 Å². The highest BCUT2D eigenvalue weighted by molar-refractivity contribution is 5.73. The Labute approximate surface area is 130 Å². The zero-order valence-electron chi connectivity index (χ0n) is 13.5. The van der Waals surface area contributed by atoms with Gasteiger partial charge < -0.3 is 15.3 Å². The van der Waals surface area contributed by atoms with E-state index in [9.17, 15) is 24.9 Å². The summed E-state index contributed by atoms with van der Waals surface area (Å²) >= 11 is 0. The van der Waals surface area contributed by atoms with E-state index in [0.29, 0.717) is 39.3 Å². The van der Waals surface area contributed by atoms with Crippen LogP contribution in [0.2, 0.25) is 0 Å². The highest BCUT2D eigenvalue weighted by atomic mass is 16.4. The molecule has 1 fully saturated rings.